The van der Waals surface area contributed by atoms with E-state index < -0.39 is 28.5 Å². The average Bonchev–Trinajstić information content (AvgIpc) is 3.34. The van der Waals surface area contributed by atoms with Gasteiger partial charge in [-0.2, -0.15) is 0 Å². The molecular formula is C29H29N3O6. The molecule has 196 valence electrons. The van der Waals surface area contributed by atoms with E-state index in [0.29, 0.717) is 18.7 Å². The molecule has 38 heavy (non-hydrogen) atoms. The van der Waals surface area contributed by atoms with Crippen molar-refractivity contribution in [2.45, 2.75) is 46.0 Å². The predicted molar refractivity (Wildman–Crippen MR) is 140 cm³/mol. The van der Waals surface area contributed by atoms with Crippen LogP contribution in [-0.2, 0) is 28.5 Å². The Hall–Kier alpha value is -4.40. The van der Waals surface area contributed by atoms with E-state index in [1.807, 2.05) is 31.3 Å². The average molecular weight is 516 g/mol. The summed E-state index contributed by atoms with van der Waals surface area (Å²) in [7, 11) is 1.98. The van der Waals surface area contributed by atoms with Gasteiger partial charge in [-0.25, -0.2) is 4.98 Å². The maximum absolute atomic E-state index is 13.9. The normalized spacial score (nSPS) is 19.7. The van der Waals surface area contributed by atoms with Crippen molar-refractivity contribution in [3.63, 3.8) is 0 Å². The van der Waals surface area contributed by atoms with E-state index in [0.717, 1.165) is 23.3 Å². The van der Waals surface area contributed by atoms with Crippen molar-refractivity contribution < 1.29 is 29.3 Å². The van der Waals surface area contributed by atoms with Crippen molar-refractivity contribution in [3.05, 3.63) is 69.9 Å². The van der Waals surface area contributed by atoms with Crippen LogP contribution in [0.2, 0.25) is 0 Å². The van der Waals surface area contributed by atoms with Crippen LogP contribution in [0.3, 0.4) is 0 Å². The maximum atomic E-state index is 13.9. The number of aromatic hydroxyl groups is 2. The first kappa shape index (κ1) is 25.3. The fourth-order valence-electron chi connectivity index (χ4n) is 5.39. The number of carbonyl (C=O) groups excluding carboxylic acids is 3. The summed E-state index contributed by atoms with van der Waals surface area (Å²) in [6.07, 6.45) is 2.64. The maximum Gasteiger partial charge on any atom is 0.194 e. The number of rotatable bonds is 6. The molecule has 0 saturated heterocycles. The Bertz CT molecular complexity index is 1630. The molecule has 1 atom stereocenters. The summed E-state index contributed by atoms with van der Waals surface area (Å²) in [5.74, 6) is -1.45. The molecule has 0 amide bonds. The highest BCUT2D eigenvalue weighted by atomic mass is 16.5. The molecule has 9 heteroatoms. The third-order valence-corrected chi connectivity index (χ3v) is 7.61. The molecule has 3 N–H and O–H groups in total. The standard InChI is InChI=1S/C29H29N3O6/c1-14-25(35)23(16(3)33)27-24(26(14)36)29(4)20(38-27)13-19(34)22(28(29)37)15(2)30-12-8-11-21-31-17-9-6-7-10-18(17)32(21)5/h6-7,9-10,13,30,35-36H,8,11-12H2,1-5H3/t29-/m0/s1. The highest BCUT2D eigenvalue weighted by molar-refractivity contribution is 6.31. The SMILES string of the molecule is CC(=O)c1c(O)c(C)c(O)c2c1OC1=CC(=O)C(=C(C)NCCCc3nc4ccccc4n3C)C(=O)[C@@]12C. The number of carbonyl (C=O) groups is 3. The molecule has 2 aliphatic rings. The molecule has 0 radical (unpaired) electrons. The number of phenols is 2. The molecule has 1 aromatic heterocycles. The summed E-state index contributed by atoms with van der Waals surface area (Å²) in [5, 5.41) is 24.6. The molecule has 1 aliphatic carbocycles. The van der Waals surface area contributed by atoms with Gasteiger partial charge in [0, 0.05) is 37.3 Å². The van der Waals surface area contributed by atoms with Crippen molar-refractivity contribution in [2.75, 3.05) is 6.54 Å². The fraction of sp³-hybridized carbons (Fsp3) is 0.310. The zero-order valence-corrected chi connectivity index (χ0v) is 21.9. The number of ketones is 3. The van der Waals surface area contributed by atoms with Gasteiger partial charge in [0.15, 0.2) is 17.3 Å². The van der Waals surface area contributed by atoms with Crippen LogP contribution >= 0.6 is 0 Å². The van der Waals surface area contributed by atoms with Crippen LogP contribution in [0.5, 0.6) is 17.2 Å². The van der Waals surface area contributed by atoms with Crippen molar-refractivity contribution >= 4 is 28.4 Å². The van der Waals surface area contributed by atoms with E-state index >= 15 is 0 Å². The lowest BCUT2D eigenvalue weighted by atomic mass is 9.70. The second-order valence-corrected chi connectivity index (χ2v) is 9.99. The van der Waals surface area contributed by atoms with Crippen LogP contribution in [0.4, 0.5) is 0 Å². The zero-order chi connectivity index (χ0) is 27.5. The van der Waals surface area contributed by atoms with E-state index in [-0.39, 0.29) is 39.5 Å². The van der Waals surface area contributed by atoms with Gasteiger partial charge in [-0.3, -0.25) is 14.4 Å². The van der Waals surface area contributed by atoms with Crippen molar-refractivity contribution in [2.24, 2.45) is 7.05 Å². The number of nitrogens with one attached hydrogen (secondary N) is 1. The molecule has 1 aliphatic heterocycles. The van der Waals surface area contributed by atoms with Crippen LogP contribution in [0, 0.1) is 6.92 Å². The topological polar surface area (TPSA) is 131 Å². The van der Waals surface area contributed by atoms with Gasteiger partial charge >= 0.3 is 0 Å². The Morgan fingerprint density at radius 3 is 2.55 bits per heavy atom. The number of phenolic OH excluding ortho intramolecular Hbond substituents is 2. The lowest BCUT2D eigenvalue weighted by Gasteiger charge is -2.29. The van der Waals surface area contributed by atoms with Gasteiger partial charge in [0.05, 0.1) is 22.2 Å². The van der Waals surface area contributed by atoms with Gasteiger partial charge < -0.3 is 24.8 Å². The van der Waals surface area contributed by atoms with Crippen LogP contribution in [-0.4, -0.2) is 43.7 Å². The summed E-state index contributed by atoms with van der Waals surface area (Å²) >= 11 is 0. The Labute approximate surface area is 219 Å². The molecule has 0 bridgehead atoms. The number of aryl methyl sites for hydroxylation is 2. The Kier molecular flexibility index (Phi) is 5.89. The van der Waals surface area contributed by atoms with Crippen LogP contribution < -0.4 is 10.1 Å². The number of benzene rings is 2. The minimum absolute atomic E-state index is 0.0173. The molecule has 2 aromatic carbocycles. The van der Waals surface area contributed by atoms with Crippen molar-refractivity contribution in [1.82, 2.24) is 14.9 Å². The van der Waals surface area contributed by atoms with Crippen LogP contribution in [0.1, 0.15) is 54.5 Å². The largest absolute Gasteiger partial charge is 0.507 e. The first-order valence-electron chi connectivity index (χ1n) is 12.4. The number of allylic oxidation sites excluding steroid dienone is 4. The number of para-hydroxylation sites is 2. The number of Topliss-reactive ketones (excluding diaryl/α,β-unsaturated/α-hetero) is 2. The van der Waals surface area contributed by atoms with Gasteiger partial charge in [-0.15, -0.1) is 0 Å². The Morgan fingerprint density at radius 2 is 1.87 bits per heavy atom. The van der Waals surface area contributed by atoms with E-state index in [4.69, 9.17) is 4.74 Å². The Morgan fingerprint density at radius 1 is 1.16 bits per heavy atom. The number of hydrogen-bond acceptors (Lipinski definition) is 8. The number of ether oxygens (including phenoxy) is 1. The molecule has 2 heterocycles. The van der Waals surface area contributed by atoms with Gasteiger partial charge in [0.25, 0.3) is 0 Å². The molecule has 0 fully saturated rings. The van der Waals surface area contributed by atoms with Gasteiger partial charge in [-0.1, -0.05) is 12.1 Å². The predicted octanol–water partition coefficient (Wildman–Crippen LogP) is 3.68. The second-order valence-electron chi connectivity index (χ2n) is 9.99. The first-order chi connectivity index (χ1) is 18.0. The fourth-order valence-corrected chi connectivity index (χ4v) is 5.39. The lowest BCUT2D eigenvalue weighted by molar-refractivity contribution is -0.123. The van der Waals surface area contributed by atoms with Crippen molar-refractivity contribution in [1.29, 1.82) is 0 Å². The van der Waals surface area contributed by atoms with E-state index in [2.05, 4.69) is 14.9 Å². The summed E-state index contributed by atoms with van der Waals surface area (Å²) in [4.78, 5) is 43.9. The monoisotopic (exact) mass is 515 g/mol. The third kappa shape index (κ3) is 3.53. The molecule has 0 spiro atoms. The minimum atomic E-state index is -1.53. The Balaban J connectivity index is 1.42. The molecular weight excluding hydrogens is 486 g/mol. The van der Waals surface area contributed by atoms with Crippen molar-refractivity contribution in [3.8, 4) is 17.2 Å². The number of fused-ring (bicyclic) bond motifs is 4. The van der Waals surface area contributed by atoms with E-state index in [1.165, 1.54) is 19.9 Å². The molecule has 3 aromatic rings. The number of imidazole rings is 1. The van der Waals surface area contributed by atoms with Gasteiger partial charge in [0.2, 0.25) is 0 Å². The summed E-state index contributed by atoms with van der Waals surface area (Å²) < 4.78 is 7.86. The number of nitrogens with zero attached hydrogens (tertiary/aromatic N) is 2. The highest BCUT2D eigenvalue weighted by Gasteiger charge is 2.56. The smallest absolute Gasteiger partial charge is 0.194 e. The molecule has 0 unspecified atom stereocenters. The second kappa shape index (κ2) is 8.86. The molecule has 0 saturated carbocycles. The lowest BCUT2D eigenvalue weighted by Crippen LogP contribution is -2.41. The number of aromatic nitrogens is 2. The highest BCUT2D eigenvalue weighted by Crippen LogP contribution is 2.57. The quantitative estimate of drug-likeness (QED) is 0.196. The summed E-state index contributed by atoms with van der Waals surface area (Å²) in [5.41, 5.74) is 0.851. The van der Waals surface area contributed by atoms with E-state index in [1.54, 1.807) is 13.8 Å². The zero-order valence-electron chi connectivity index (χ0n) is 21.9. The van der Waals surface area contributed by atoms with Crippen LogP contribution in [0.15, 0.2) is 47.4 Å². The number of hydrogen-bond donors (Lipinski definition) is 3. The molecule has 5 rings (SSSR count). The first-order valence-corrected chi connectivity index (χ1v) is 12.4. The third-order valence-electron chi connectivity index (χ3n) is 7.61. The van der Waals surface area contributed by atoms with Gasteiger partial charge in [0.1, 0.15) is 39.8 Å². The molecule has 9 nitrogen and oxygen atoms in total. The minimum Gasteiger partial charge on any atom is -0.507 e. The summed E-state index contributed by atoms with van der Waals surface area (Å²) in [6, 6.07) is 7.92. The van der Waals surface area contributed by atoms with E-state index in [9.17, 15) is 24.6 Å². The van der Waals surface area contributed by atoms with Gasteiger partial charge in [-0.05, 0) is 46.2 Å². The van der Waals surface area contributed by atoms with Crippen LogP contribution in [0.25, 0.3) is 11.0 Å². The summed E-state index contributed by atoms with van der Waals surface area (Å²) in [6.45, 7) is 6.44.